The first-order valence-electron chi connectivity index (χ1n) is 6.39. The minimum atomic E-state index is 0.952. The van der Waals surface area contributed by atoms with Gasteiger partial charge >= 0.3 is 0 Å². The van der Waals surface area contributed by atoms with Crippen molar-refractivity contribution in [3.63, 3.8) is 0 Å². The summed E-state index contributed by atoms with van der Waals surface area (Å²) in [6.07, 6.45) is 0. The molecule has 1 heterocycles. The van der Waals surface area contributed by atoms with Gasteiger partial charge in [-0.3, -0.25) is 4.90 Å². The minimum absolute atomic E-state index is 0.952. The lowest BCUT2D eigenvalue weighted by Gasteiger charge is -2.28. The van der Waals surface area contributed by atoms with Gasteiger partial charge in [-0.05, 0) is 25.0 Å². The van der Waals surface area contributed by atoms with Crippen molar-refractivity contribution in [3.8, 4) is 5.75 Å². The van der Waals surface area contributed by atoms with E-state index in [1.165, 1.54) is 21.2 Å². The molecule has 0 spiro atoms. The van der Waals surface area contributed by atoms with Crippen LogP contribution in [0.15, 0.2) is 10.5 Å². The van der Waals surface area contributed by atoms with Gasteiger partial charge in [0.05, 0.1) is 7.11 Å². The summed E-state index contributed by atoms with van der Waals surface area (Å²) in [6.45, 7) is 9.55. The van der Waals surface area contributed by atoms with E-state index in [1.807, 2.05) is 0 Å². The molecule has 0 aliphatic carbocycles. The zero-order valence-electron chi connectivity index (χ0n) is 11.3. The smallest absolute Gasteiger partial charge is 0.127 e. The molecule has 1 aliphatic heterocycles. The van der Waals surface area contributed by atoms with E-state index in [0.717, 1.165) is 38.5 Å². The molecule has 18 heavy (non-hydrogen) atoms. The summed E-state index contributed by atoms with van der Waals surface area (Å²) in [5.41, 5.74) is 3.76. The highest BCUT2D eigenvalue weighted by Gasteiger charge is 2.17. The summed E-state index contributed by atoms with van der Waals surface area (Å²) in [5, 5.41) is 3.38. The Labute approximate surface area is 118 Å². The molecule has 100 valence electrons. The number of piperazine rings is 1. The standard InChI is InChI=1S/C14H21BrN2O/c1-10-8-11(2)14(18-3)12(13(10)15)9-17-6-4-16-5-7-17/h8,16H,4-7,9H2,1-3H3. The molecule has 0 bridgehead atoms. The topological polar surface area (TPSA) is 24.5 Å². The predicted octanol–water partition coefficient (Wildman–Crippen LogP) is 2.48. The van der Waals surface area contributed by atoms with Crippen LogP contribution in [-0.4, -0.2) is 38.2 Å². The Morgan fingerprint density at radius 1 is 1.28 bits per heavy atom. The summed E-state index contributed by atoms with van der Waals surface area (Å²) >= 11 is 3.71. The molecular formula is C14H21BrN2O. The molecule has 4 heteroatoms. The van der Waals surface area contributed by atoms with Crippen molar-refractivity contribution in [2.75, 3.05) is 33.3 Å². The maximum Gasteiger partial charge on any atom is 0.127 e. The van der Waals surface area contributed by atoms with E-state index in [9.17, 15) is 0 Å². The molecule has 1 N–H and O–H groups in total. The Morgan fingerprint density at radius 3 is 2.56 bits per heavy atom. The van der Waals surface area contributed by atoms with Gasteiger partial charge in [0.2, 0.25) is 0 Å². The van der Waals surface area contributed by atoms with E-state index < -0.39 is 0 Å². The highest BCUT2D eigenvalue weighted by molar-refractivity contribution is 9.10. The number of aryl methyl sites for hydroxylation is 2. The molecule has 1 aromatic rings. The summed E-state index contributed by atoms with van der Waals surface area (Å²) < 4.78 is 6.76. The van der Waals surface area contributed by atoms with Crippen molar-refractivity contribution in [3.05, 3.63) is 27.2 Å². The van der Waals surface area contributed by atoms with Crippen LogP contribution in [0.4, 0.5) is 0 Å². The lowest BCUT2D eigenvalue weighted by Crippen LogP contribution is -2.43. The molecule has 1 fully saturated rings. The second-order valence-electron chi connectivity index (χ2n) is 4.86. The molecular weight excluding hydrogens is 292 g/mol. The SMILES string of the molecule is COc1c(C)cc(C)c(Br)c1CN1CCNCC1. The van der Waals surface area contributed by atoms with Crippen LogP contribution in [0.3, 0.4) is 0 Å². The summed E-state index contributed by atoms with van der Waals surface area (Å²) in [5.74, 6) is 1.02. The minimum Gasteiger partial charge on any atom is -0.496 e. The van der Waals surface area contributed by atoms with E-state index in [1.54, 1.807) is 7.11 Å². The van der Waals surface area contributed by atoms with Crippen molar-refractivity contribution >= 4 is 15.9 Å². The molecule has 0 saturated carbocycles. The van der Waals surface area contributed by atoms with Gasteiger partial charge in [-0.25, -0.2) is 0 Å². The number of nitrogens with one attached hydrogen (secondary N) is 1. The van der Waals surface area contributed by atoms with Crippen LogP contribution in [0.1, 0.15) is 16.7 Å². The number of nitrogens with zero attached hydrogens (tertiary/aromatic N) is 1. The molecule has 1 aromatic carbocycles. The Kier molecular flexibility index (Phi) is 4.65. The van der Waals surface area contributed by atoms with Gasteiger partial charge in [-0.2, -0.15) is 0 Å². The average Bonchev–Trinajstić information content (AvgIpc) is 2.37. The fourth-order valence-electron chi connectivity index (χ4n) is 2.55. The van der Waals surface area contributed by atoms with Crippen molar-refractivity contribution in [2.24, 2.45) is 0 Å². The van der Waals surface area contributed by atoms with Crippen LogP contribution < -0.4 is 10.1 Å². The fraction of sp³-hybridized carbons (Fsp3) is 0.571. The number of halogens is 1. The normalized spacial score (nSPS) is 16.9. The van der Waals surface area contributed by atoms with Gasteiger partial charge in [0.15, 0.2) is 0 Å². The number of benzene rings is 1. The van der Waals surface area contributed by atoms with Crippen LogP contribution in [0.2, 0.25) is 0 Å². The molecule has 1 aliphatic rings. The molecule has 0 amide bonds. The third-order valence-electron chi connectivity index (χ3n) is 3.47. The van der Waals surface area contributed by atoms with Crippen molar-refractivity contribution in [1.82, 2.24) is 10.2 Å². The molecule has 0 aromatic heterocycles. The molecule has 2 rings (SSSR count). The molecule has 3 nitrogen and oxygen atoms in total. The number of methoxy groups -OCH3 is 1. The number of rotatable bonds is 3. The second-order valence-corrected chi connectivity index (χ2v) is 5.66. The summed E-state index contributed by atoms with van der Waals surface area (Å²) in [4.78, 5) is 2.47. The van der Waals surface area contributed by atoms with Crippen molar-refractivity contribution in [1.29, 1.82) is 0 Å². The van der Waals surface area contributed by atoms with E-state index >= 15 is 0 Å². The van der Waals surface area contributed by atoms with Gasteiger partial charge in [-0.15, -0.1) is 0 Å². The van der Waals surface area contributed by atoms with Crippen LogP contribution in [0.25, 0.3) is 0 Å². The van der Waals surface area contributed by atoms with Crippen molar-refractivity contribution < 1.29 is 4.74 Å². The monoisotopic (exact) mass is 312 g/mol. The van der Waals surface area contributed by atoms with Crippen molar-refractivity contribution in [2.45, 2.75) is 20.4 Å². The fourth-order valence-corrected chi connectivity index (χ4v) is 2.97. The quantitative estimate of drug-likeness (QED) is 0.928. The van der Waals surface area contributed by atoms with Gasteiger partial charge in [0.1, 0.15) is 5.75 Å². The zero-order valence-corrected chi connectivity index (χ0v) is 12.9. The molecule has 0 unspecified atom stereocenters. The lowest BCUT2D eigenvalue weighted by atomic mass is 10.0. The first kappa shape index (κ1) is 13.8. The van der Waals surface area contributed by atoms with Gasteiger partial charge in [0, 0.05) is 42.8 Å². The predicted molar refractivity (Wildman–Crippen MR) is 78.3 cm³/mol. The molecule has 1 saturated heterocycles. The highest BCUT2D eigenvalue weighted by Crippen LogP contribution is 2.34. The van der Waals surface area contributed by atoms with E-state index in [-0.39, 0.29) is 0 Å². The van der Waals surface area contributed by atoms with E-state index in [2.05, 4.69) is 46.1 Å². The first-order chi connectivity index (χ1) is 8.63. The third kappa shape index (κ3) is 2.87. The van der Waals surface area contributed by atoms with Crippen LogP contribution >= 0.6 is 15.9 Å². The van der Waals surface area contributed by atoms with Gasteiger partial charge in [0.25, 0.3) is 0 Å². The van der Waals surface area contributed by atoms with E-state index in [4.69, 9.17) is 4.74 Å². The van der Waals surface area contributed by atoms with Gasteiger partial charge in [-0.1, -0.05) is 22.0 Å². The second kappa shape index (κ2) is 6.04. The Bertz CT molecular complexity index is 428. The Morgan fingerprint density at radius 2 is 1.94 bits per heavy atom. The maximum absolute atomic E-state index is 5.58. The van der Waals surface area contributed by atoms with Crippen LogP contribution in [0.5, 0.6) is 5.75 Å². The Balaban J connectivity index is 2.29. The average molecular weight is 313 g/mol. The van der Waals surface area contributed by atoms with E-state index in [0.29, 0.717) is 0 Å². The summed E-state index contributed by atoms with van der Waals surface area (Å²) in [6, 6.07) is 2.17. The van der Waals surface area contributed by atoms with Gasteiger partial charge < -0.3 is 10.1 Å². The number of ether oxygens (including phenoxy) is 1. The lowest BCUT2D eigenvalue weighted by molar-refractivity contribution is 0.229. The number of hydrogen-bond acceptors (Lipinski definition) is 3. The largest absolute Gasteiger partial charge is 0.496 e. The van der Waals surface area contributed by atoms with Crippen LogP contribution in [-0.2, 0) is 6.54 Å². The molecule has 0 radical (unpaired) electrons. The first-order valence-corrected chi connectivity index (χ1v) is 7.18. The third-order valence-corrected chi connectivity index (χ3v) is 4.58. The zero-order chi connectivity index (χ0) is 13.1. The highest BCUT2D eigenvalue weighted by atomic mass is 79.9. The van der Waals surface area contributed by atoms with Crippen LogP contribution in [0, 0.1) is 13.8 Å². The summed E-state index contributed by atoms with van der Waals surface area (Å²) in [7, 11) is 1.76. The maximum atomic E-state index is 5.58. The molecule has 0 atom stereocenters. The number of hydrogen-bond donors (Lipinski definition) is 1. The Hall–Kier alpha value is -0.580.